The summed E-state index contributed by atoms with van der Waals surface area (Å²) in [6, 6.07) is 0.714. The van der Waals surface area contributed by atoms with E-state index in [4.69, 9.17) is 0 Å². The summed E-state index contributed by atoms with van der Waals surface area (Å²) in [6.07, 6.45) is 7.63. The summed E-state index contributed by atoms with van der Waals surface area (Å²) in [6.45, 7) is 8.87. The van der Waals surface area contributed by atoms with Gasteiger partial charge in [0.15, 0.2) is 5.96 Å². The number of piperidine rings is 1. The van der Waals surface area contributed by atoms with E-state index in [0.717, 1.165) is 50.2 Å². The van der Waals surface area contributed by atoms with Gasteiger partial charge in [0, 0.05) is 45.7 Å². The van der Waals surface area contributed by atoms with Gasteiger partial charge >= 0.3 is 0 Å². The standard InChI is InChI=1S/C19H33N7/c1-15-22-23-18-7-6-16(13-26(15)18)12-21-19(20-2)25-11-8-17(14-25)24-9-4-3-5-10-24/h16-17H,3-14H2,1-2H3,(H,20,21). The van der Waals surface area contributed by atoms with E-state index in [1.165, 1.54) is 45.2 Å². The Morgan fingerprint density at radius 3 is 2.77 bits per heavy atom. The van der Waals surface area contributed by atoms with Crippen molar-refractivity contribution in [1.82, 2.24) is 29.9 Å². The molecule has 0 aliphatic carbocycles. The number of nitrogens with one attached hydrogen (secondary N) is 1. The van der Waals surface area contributed by atoms with Crippen molar-refractivity contribution in [2.24, 2.45) is 10.9 Å². The zero-order valence-corrected chi connectivity index (χ0v) is 16.3. The lowest BCUT2D eigenvalue weighted by molar-refractivity contribution is 0.168. The van der Waals surface area contributed by atoms with Gasteiger partial charge in [0.25, 0.3) is 0 Å². The normalized spacial score (nSPS) is 27.6. The van der Waals surface area contributed by atoms with Gasteiger partial charge in [-0.1, -0.05) is 6.42 Å². The molecular weight excluding hydrogens is 326 g/mol. The molecule has 0 aromatic carbocycles. The number of aryl methyl sites for hydroxylation is 2. The van der Waals surface area contributed by atoms with Gasteiger partial charge < -0.3 is 14.8 Å². The third-order valence-electron chi connectivity index (χ3n) is 6.36. The Labute approximate surface area is 156 Å². The van der Waals surface area contributed by atoms with Crippen molar-refractivity contribution in [3.8, 4) is 0 Å². The maximum Gasteiger partial charge on any atom is 0.193 e. The Kier molecular flexibility index (Phi) is 5.43. The van der Waals surface area contributed by atoms with Gasteiger partial charge in [0.05, 0.1) is 0 Å². The van der Waals surface area contributed by atoms with Crippen LogP contribution in [0.2, 0.25) is 0 Å². The zero-order valence-electron chi connectivity index (χ0n) is 16.3. The molecular formula is C19H33N7. The fraction of sp³-hybridized carbons (Fsp3) is 0.842. The molecule has 0 radical (unpaired) electrons. The minimum atomic E-state index is 0.620. The fourth-order valence-electron chi connectivity index (χ4n) is 4.78. The average Bonchev–Trinajstić information content (AvgIpc) is 3.31. The number of guanidine groups is 1. The molecule has 1 aromatic heterocycles. The predicted octanol–water partition coefficient (Wildman–Crippen LogP) is 1.28. The molecule has 2 unspecified atom stereocenters. The van der Waals surface area contributed by atoms with E-state index >= 15 is 0 Å². The van der Waals surface area contributed by atoms with Crippen molar-refractivity contribution in [2.45, 2.75) is 58.0 Å². The fourth-order valence-corrected chi connectivity index (χ4v) is 4.78. The van der Waals surface area contributed by atoms with Crippen LogP contribution in [0, 0.1) is 12.8 Å². The van der Waals surface area contributed by atoms with Crippen molar-refractivity contribution in [3.63, 3.8) is 0 Å². The van der Waals surface area contributed by atoms with Gasteiger partial charge in [-0.3, -0.25) is 9.89 Å². The van der Waals surface area contributed by atoms with Crippen LogP contribution >= 0.6 is 0 Å². The predicted molar refractivity (Wildman–Crippen MR) is 103 cm³/mol. The number of hydrogen-bond donors (Lipinski definition) is 1. The number of aliphatic imine (C=N–C) groups is 1. The van der Waals surface area contributed by atoms with Crippen LogP contribution in [0.1, 0.15) is 43.8 Å². The first-order chi connectivity index (χ1) is 12.7. The number of hydrogen-bond acceptors (Lipinski definition) is 4. The third kappa shape index (κ3) is 3.72. The summed E-state index contributed by atoms with van der Waals surface area (Å²) in [4.78, 5) is 9.73. The van der Waals surface area contributed by atoms with Crippen LogP contribution in [0.3, 0.4) is 0 Å². The van der Waals surface area contributed by atoms with Crippen LogP contribution in [-0.4, -0.2) is 76.3 Å². The van der Waals surface area contributed by atoms with Crippen molar-refractivity contribution in [1.29, 1.82) is 0 Å². The molecule has 3 aliphatic rings. The summed E-state index contributed by atoms with van der Waals surface area (Å²) >= 11 is 0. The van der Waals surface area contributed by atoms with Gasteiger partial charge in [-0.15, -0.1) is 10.2 Å². The molecule has 2 saturated heterocycles. The number of nitrogens with zero attached hydrogens (tertiary/aromatic N) is 6. The maximum atomic E-state index is 4.57. The molecule has 7 nitrogen and oxygen atoms in total. The topological polar surface area (TPSA) is 61.6 Å². The number of fused-ring (bicyclic) bond motifs is 1. The molecule has 7 heteroatoms. The van der Waals surface area contributed by atoms with Crippen molar-refractivity contribution in [2.75, 3.05) is 39.8 Å². The Bertz CT molecular complexity index is 632. The monoisotopic (exact) mass is 359 g/mol. The summed E-state index contributed by atoms with van der Waals surface area (Å²) in [5, 5.41) is 12.1. The Morgan fingerprint density at radius 2 is 1.96 bits per heavy atom. The number of rotatable bonds is 3. The molecule has 1 N–H and O–H groups in total. The average molecular weight is 360 g/mol. The highest BCUT2D eigenvalue weighted by Crippen LogP contribution is 2.21. The molecule has 4 heterocycles. The summed E-state index contributed by atoms with van der Waals surface area (Å²) in [5.41, 5.74) is 0. The molecule has 0 spiro atoms. The van der Waals surface area contributed by atoms with Crippen LogP contribution < -0.4 is 5.32 Å². The smallest absolute Gasteiger partial charge is 0.193 e. The molecule has 4 rings (SSSR count). The first-order valence-electron chi connectivity index (χ1n) is 10.3. The van der Waals surface area contributed by atoms with E-state index in [1.807, 2.05) is 7.05 Å². The highest BCUT2D eigenvalue weighted by Gasteiger charge is 2.30. The quantitative estimate of drug-likeness (QED) is 0.651. The summed E-state index contributed by atoms with van der Waals surface area (Å²) in [7, 11) is 1.92. The molecule has 3 aliphatic heterocycles. The minimum Gasteiger partial charge on any atom is -0.356 e. The zero-order chi connectivity index (χ0) is 17.9. The van der Waals surface area contributed by atoms with Gasteiger partial charge in [0.1, 0.15) is 11.6 Å². The van der Waals surface area contributed by atoms with Crippen LogP contribution in [-0.2, 0) is 13.0 Å². The summed E-state index contributed by atoms with van der Waals surface area (Å²) < 4.78 is 2.28. The van der Waals surface area contributed by atoms with Gasteiger partial charge in [-0.25, -0.2) is 0 Å². The lowest BCUT2D eigenvalue weighted by Crippen LogP contribution is -2.46. The molecule has 2 fully saturated rings. The molecule has 26 heavy (non-hydrogen) atoms. The van der Waals surface area contributed by atoms with E-state index in [1.54, 1.807) is 0 Å². The largest absolute Gasteiger partial charge is 0.356 e. The van der Waals surface area contributed by atoms with E-state index in [2.05, 4.69) is 41.8 Å². The Hall–Kier alpha value is -1.63. The lowest BCUT2D eigenvalue weighted by atomic mass is 9.99. The first kappa shape index (κ1) is 17.8. The molecule has 0 saturated carbocycles. The maximum absolute atomic E-state index is 4.57. The Balaban J connectivity index is 1.28. The number of aromatic nitrogens is 3. The van der Waals surface area contributed by atoms with Crippen LogP contribution in [0.25, 0.3) is 0 Å². The van der Waals surface area contributed by atoms with E-state index in [9.17, 15) is 0 Å². The SMILES string of the molecule is CN=C(NCC1CCc2nnc(C)n2C1)N1CCC(N2CCCCC2)C1. The first-order valence-corrected chi connectivity index (χ1v) is 10.3. The molecule has 1 aromatic rings. The third-order valence-corrected chi connectivity index (χ3v) is 6.36. The molecule has 0 bridgehead atoms. The van der Waals surface area contributed by atoms with Gasteiger partial charge in [-0.2, -0.15) is 0 Å². The Morgan fingerprint density at radius 1 is 1.12 bits per heavy atom. The number of likely N-dealkylation sites (tertiary alicyclic amines) is 2. The van der Waals surface area contributed by atoms with Gasteiger partial charge in [0.2, 0.25) is 0 Å². The molecule has 2 atom stereocenters. The van der Waals surface area contributed by atoms with Gasteiger partial charge in [-0.05, 0) is 51.6 Å². The second kappa shape index (κ2) is 7.94. The minimum absolute atomic E-state index is 0.620. The molecule has 0 amide bonds. The van der Waals surface area contributed by atoms with E-state index in [0.29, 0.717) is 12.0 Å². The van der Waals surface area contributed by atoms with Crippen molar-refractivity contribution < 1.29 is 0 Å². The second-order valence-electron chi connectivity index (χ2n) is 8.09. The highest BCUT2D eigenvalue weighted by atomic mass is 15.3. The van der Waals surface area contributed by atoms with Crippen LogP contribution in [0.15, 0.2) is 4.99 Å². The van der Waals surface area contributed by atoms with E-state index in [-0.39, 0.29) is 0 Å². The van der Waals surface area contributed by atoms with Crippen molar-refractivity contribution in [3.05, 3.63) is 11.6 Å². The molecule has 144 valence electrons. The van der Waals surface area contributed by atoms with Crippen molar-refractivity contribution >= 4 is 5.96 Å². The van der Waals surface area contributed by atoms with Crippen LogP contribution in [0.5, 0.6) is 0 Å². The highest BCUT2D eigenvalue weighted by molar-refractivity contribution is 5.80. The lowest BCUT2D eigenvalue weighted by Gasteiger charge is -2.32. The second-order valence-corrected chi connectivity index (χ2v) is 8.09. The summed E-state index contributed by atoms with van der Waals surface area (Å²) in [5.74, 6) is 3.88. The van der Waals surface area contributed by atoms with E-state index < -0.39 is 0 Å². The van der Waals surface area contributed by atoms with Crippen LogP contribution in [0.4, 0.5) is 0 Å².